The van der Waals surface area contributed by atoms with E-state index in [9.17, 15) is 9.18 Å². The number of benzene rings is 2. The Kier molecular flexibility index (Phi) is 5.12. The van der Waals surface area contributed by atoms with Gasteiger partial charge >= 0.3 is 0 Å². The fraction of sp³-hybridized carbons (Fsp3) is 0.100. The average Bonchev–Trinajstić information content (AvgIpc) is 2.65. The van der Waals surface area contributed by atoms with Gasteiger partial charge in [0.15, 0.2) is 0 Å². The number of nitrogens with one attached hydrogen (secondary N) is 2. The smallest absolute Gasteiger partial charge is 0.259 e. The normalized spacial score (nSPS) is 10.3. The Morgan fingerprint density at radius 3 is 2.65 bits per heavy atom. The first-order valence-electron chi connectivity index (χ1n) is 8.01. The van der Waals surface area contributed by atoms with Crippen LogP contribution in [0.5, 0.6) is 5.75 Å². The molecule has 0 saturated carbocycles. The van der Waals surface area contributed by atoms with Crippen LogP contribution in [0.1, 0.15) is 15.9 Å². The fourth-order valence-electron chi connectivity index (χ4n) is 2.47. The minimum Gasteiger partial charge on any atom is -0.495 e. The predicted molar refractivity (Wildman–Crippen MR) is 99.6 cm³/mol. The number of pyridine rings is 1. The molecule has 0 unspecified atom stereocenters. The van der Waals surface area contributed by atoms with Crippen LogP contribution < -0.4 is 15.4 Å². The van der Waals surface area contributed by atoms with Gasteiger partial charge in [-0.05, 0) is 48.9 Å². The van der Waals surface area contributed by atoms with E-state index in [-0.39, 0.29) is 5.69 Å². The molecular formula is C20H18FN3O2. The van der Waals surface area contributed by atoms with E-state index in [1.807, 2.05) is 18.2 Å². The SMILES string of the molecule is COc1ccccc1Nc1ncccc1C(=O)Nc1ccc(C)cc1F. The molecule has 1 aromatic heterocycles. The van der Waals surface area contributed by atoms with Crippen molar-refractivity contribution in [3.63, 3.8) is 0 Å². The van der Waals surface area contributed by atoms with E-state index in [0.717, 1.165) is 5.56 Å². The third kappa shape index (κ3) is 3.80. The lowest BCUT2D eigenvalue weighted by Gasteiger charge is -2.13. The minimum atomic E-state index is -0.485. The Labute approximate surface area is 150 Å². The van der Waals surface area contributed by atoms with Gasteiger partial charge in [-0.15, -0.1) is 0 Å². The van der Waals surface area contributed by atoms with Gasteiger partial charge in [-0.25, -0.2) is 9.37 Å². The van der Waals surface area contributed by atoms with Crippen LogP contribution in [0.3, 0.4) is 0 Å². The maximum absolute atomic E-state index is 14.0. The second-order valence-corrected chi connectivity index (χ2v) is 5.66. The molecule has 0 bridgehead atoms. The Morgan fingerprint density at radius 1 is 1.08 bits per heavy atom. The van der Waals surface area contributed by atoms with E-state index < -0.39 is 11.7 Å². The van der Waals surface area contributed by atoms with Crippen molar-refractivity contribution < 1.29 is 13.9 Å². The standard InChI is InChI=1S/C20H18FN3O2/c1-13-9-10-16(15(21)12-13)24-20(25)14-6-5-11-22-19(14)23-17-7-3-4-8-18(17)26-2/h3-12H,1-2H3,(H,22,23)(H,24,25). The van der Waals surface area contributed by atoms with Crippen molar-refractivity contribution >= 4 is 23.1 Å². The fourth-order valence-corrected chi connectivity index (χ4v) is 2.47. The molecule has 0 radical (unpaired) electrons. The quantitative estimate of drug-likeness (QED) is 0.709. The van der Waals surface area contributed by atoms with Crippen molar-refractivity contribution in [1.29, 1.82) is 0 Å². The molecule has 0 fully saturated rings. The number of hydrogen-bond donors (Lipinski definition) is 2. The molecule has 0 saturated heterocycles. The average molecular weight is 351 g/mol. The number of hydrogen-bond acceptors (Lipinski definition) is 4. The number of carbonyl (C=O) groups excluding carboxylic acids is 1. The summed E-state index contributed by atoms with van der Waals surface area (Å²) in [5.41, 5.74) is 1.86. The Morgan fingerprint density at radius 2 is 1.88 bits per heavy atom. The zero-order valence-electron chi connectivity index (χ0n) is 14.4. The minimum absolute atomic E-state index is 0.118. The first-order chi connectivity index (χ1) is 12.6. The van der Waals surface area contributed by atoms with Crippen molar-refractivity contribution in [2.75, 3.05) is 17.7 Å². The van der Waals surface area contributed by atoms with Crippen molar-refractivity contribution in [1.82, 2.24) is 4.98 Å². The zero-order valence-corrected chi connectivity index (χ0v) is 14.4. The molecule has 5 nitrogen and oxygen atoms in total. The van der Waals surface area contributed by atoms with Crippen LogP contribution >= 0.6 is 0 Å². The maximum Gasteiger partial charge on any atom is 0.259 e. The summed E-state index contributed by atoms with van der Waals surface area (Å²) in [6, 6.07) is 15.2. The lowest BCUT2D eigenvalue weighted by Crippen LogP contribution is -2.15. The number of rotatable bonds is 5. The zero-order chi connectivity index (χ0) is 18.5. The summed E-state index contributed by atoms with van der Waals surface area (Å²) in [5, 5.41) is 5.68. The van der Waals surface area contributed by atoms with Crippen LogP contribution in [0, 0.1) is 12.7 Å². The highest BCUT2D eigenvalue weighted by Crippen LogP contribution is 2.28. The maximum atomic E-state index is 14.0. The van der Waals surface area contributed by atoms with Crippen molar-refractivity contribution in [3.05, 3.63) is 77.7 Å². The molecule has 0 aliphatic rings. The summed E-state index contributed by atoms with van der Waals surface area (Å²) in [7, 11) is 1.56. The molecule has 6 heteroatoms. The molecule has 3 aromatic rings. The topological polar surface area (TPSA) is 63.2 Å². The van der Waals surface area contributed by atoms with Gasteiger partial charge in [0.25, 0.3) is 5.91 Å². The monoisotopic (exact) mass is 351 g/mol. The second-order valence-electron chi connectivity index (χ2n) is 5.66. The van der Waals surface area contributed by atoms with Gasteiger partial charge in [-0.3, -0.25) is 4.79 Å². The molecule has 1 heterocycles. The Bertz CT molecular complexity index is 944. The van der Waals surface area contributed by atoms with Crippen LogP contribution in [0.2, 0.25) is 0 Å². The summed E-state index contributed by atoms with van der Waals surface area (Å²) >= 11 is 0. The molecule has 132 valence electrons. The van der Waals surface area contributed by atoms with E-state index in [0.29, 0.717) is 22.8 Å². The number of methoxy groups -OCH3 is 1. The number of amides is 1. The van der Waals surface area contributed by atoms with Crippen molar-refractivity contribution in [3.8, 4) is 5.75 Å². The van der Waals surface area contributed by atoms with E-state index in [2.05, 4.69) is 15.6 Å². The molecule has 3 rings (SSSR count). The summed E-state index contributed by atoms with van der Waals surface area (Å²) in [6.45, 7) is 1.78. The van der Waals surface area contributed by atoms with Gasteiger partial charge in [0, 0.05) is 6.20 Å². The highest BCUT2D eigenvalue weighted by molar-refractivity contribution is 6.07. The molecule has 1 amide bonds. The summed E-state index contributed by atoms with van der Waals surface area (Å²) in [6.07, 6.45) is 1.57. The van der Waals surface area contributed by atoms with Gasteiger partial charge in [0.1, 0.15) is 17.4 Å². The second kappa shape index (κ2) is 7.65. The number of ether oxygens (including phenoxy) is 1. The third-order valence-corrected chi connectivity index (χ3v) is 3.79. The van der Waals surface area contributed by atoms with Gasteiger partial charge in [0.05, 0.1) is 24.0 Å². The number of carbonyl (C=O) groups is 1. The molecule has 0 aliphatic heterocycles. The Balaban J connectivity index is 1.88. The molecule has 2 N–H and O–H groups in total. The molecule has 26 heavy (non-hydrogen) atoms. The number of aryl methyl sites for hydroxylation is 1. The summed E-state index contributed by atoms with van der Waals surface area (Å²) in [4.78, 5) is 16.9. The van der Waals surface area contributed by atoms with Crippen LogP contribution in [0.25, 0.3) is 0 Å². The molecule has 2 aromatic carbocycles. The number of halogens is 1. The first-order valence-corrected chi connectivity index (χ1v) is 8.01. The van der Waals surface area contributed by atoms with Gasteiger partial charge in [-0.2, -0.15) is 0 Å². The molecular weight excluding hydrogens is 333 g/mol. The van der Waals surface area contributed by atoms with Crippen LogP contribution in [-0.2, 0) is 0 Å². The highest BCUT2D eigenvalue weighted by atomic mass is 19.1. The largest absolute Gasteiger partial charge is 0.495 e. The molecule has 0 atom stereocenters. The molecule has 0 spiro atoms. The lowest BCUT2D eigenvalue weighted by atomic mass is 10.2. The van der Waals surface area contributed by atoms with Crippen LogP contribution in [0.15, 0.2) is 60.8 Å². The predicted octanol–water partition coefficient (Wildman–Crippen LogP) is 4.53. The van der Waals surface area contributed by atoms with E-state index in [1.165, 1.54) is 12.1 Å². The van der Waals surface area contributed by atoms with E-state index in [1.54, 1.807) is 44.5 Å². The summed E-state index contributed by atoms with van der Waals surface area (Å²) in [5.74, 6) is 0.0239. The number of anilines is 3. The van der Waals surface area contributed by atoms with E-state index >= 15 is 0 Å². The number of para-hydroxylation sites is 2. The third-order valence-electron chi connectivity index (χ3n) is 3.79. The number of nitrogens with zero attached hydrogens (tertiary/aromatic N) is 1. The van der Waals surface area contributed by atoms with Gasteiger partial charge in [-0.1, -0.05) is 18.2 Å². The van der Waals surface area contributed by atoms with Crippen molar-refractivity contribution in [2.45, 2.75) is 6.92 Å². The number of aromatic nitrogens is 1. The van der Waals surface area contributed by atoms with Crippen LogP contribution in [0.4, 0.5) is 21.6 Å². The summed E-state index contributed by atoms with van der Waals surface area (Å²) < 4.78 is 19.3. The molecule has 0 aliphatic carbocycles. The van der Waals surface area contributed by atoms with Crippen molar-refractivity contribution in [2.24, 2.45) is 0 Å². The lowest BCUT2D eigenvalue weighted by molar-refractivity contribution is 0.102. The highest BCUT2D eigenvalue weighted by Gasteiger charge is 2.15. The van der Waals surface area contributed by atoms with Gasteiger partial charge < -0.3 is 15.4 Å². The van der Waals surface area contributed by atoms with E-state index in [4.69, 9.17) is 4.74 Å². The first kappa shape index (κ1) is 17.4. The van der Waals surface area contributed by atoms with Gasteiger partial charge in [0.2, 0.25) is 0 Å². The van der Waals surface area contributed by atoms with Crippen LogP contribution in [-0.4, -0.2) is 18.0 Å². The Hall–Kier alpha value is -3.41.